The van der Waals surface area contributed by atoms with E-state index in [9.17, 15) is 0 Å². The molecule has 0 unspecified atom stereocenters. The zero-order valence-corrected chi connectivity index (χ0v) is 13.2. The lowest BCUT2D eigenvalue weighted by atomic mass is 10.0. The van der Waals surface area contributed by atoms with Crippen molar-refractivity contribution in [3.8, 4) is 17.2 Å². The molecular weight excluding hydrogens is 286 g/mol. The molecule has 2 aromatic rings. The summed E-state index contributed by atoms with van der Waals surface area (Å²) in [6, 6.07) is 7.90. The Labute approximate surface area is 129 Å². The second-order valence-electron chi connectivity index (χ2n) is 5.95. The number of halogens is 1. The SMILES string of the molecule is Cc1cc(Oc2cccc3c2OC(C)(C)C3)c(CCl)cn1. The van der Waals surface area contributed by atoms with Gasteiger partial charge in [-0.25, -0.2) is 0 Å². The van der Waals surface area contributed by atoms with Crippen LogP contribution in [-0.4, -0.2) is 10.6 Å². The Kier molecular flexibility index (Phi) is 3.54. The van der Waals surface area contributed by atoms with Gasteiger partial charge >= 0.3 is 0 Å². The summed E-state index contributed by atoms with van der Waals surface area (Å²) in [5, 5.41) is 0. The van der Waals surface area contributed by atoms with Crippen molar-refractivity contribution in [3.05, 3.63) is 47.3 Å². The number of benzene rings is 1. The number of fused-ring (bicyclic) bond motifs is 1. The lowest BCUT2D eigenvalue weighted by Crippen LogP contribution is -2.24. The Morgan fingerprint density at radius 3 is 2.90 bits per heavy atom. The molecule has 0 amide bonds. The summed E-state index contributed by atoms with van der Waals surface area (Å²) in [5.74, 6) is 2.66. The second-order valence-corrected chi connectivity index (χ2v) is 6.22. The molecule has 110 valence electrons. The number of para-hydroxylation sites is 1. The van der Waals surface area contributed by atoms with E-state index in [2.05, 4.69) is 24.9 Å². The lowest BCUT2D eigenvalue weighted by Gasteiger charge is -2.18. The number of aromatic nitrogens is 1. The molecule has 0 atom stereocenters. The van der Waals surface area contributed by atoms with Crippen molar-refractivity contribution >= 4 is 11.6 Å². The summed E-state index contributed by atoms with van der Waals surface area (Å²) in [4.78, 5) is 4.25. The van der Waals surface area contributed by atoms with Crippen LogP contribution in [0.25, 0.3) is 0 Å². The Morgan fingerprint density at radius 2 is 2.14 bits per heavy atom. The molecule has 2 heterocycles. The molecule has 0 saturated heterocycles. The summed E-state index contributed by atoms with van der Waals surface area (Å²) in [5.41, 5.74) is 2.76. The Bertz CT molecular complexity index is 682. The molecule has 3 rings (SSSR count). The van der Waals surface area contributed by atoms with Gasteiger partial charge in [0.05, 0.1) is 5.88 Å². The molecule has 1 aromatic carbocycles. The first kappa shape index (κ1) is 14.2. The van der Waals surface area contributed by atoms with Crippen LogP contribution in [0.1, 0.15) is 30.7 Å². The molecule has 4 heteroatoms. The van der Waals surface area contributed by atoms with Gasteiger partial charge in [-0.2, -0.15) is 0 Å². The molecule has 1 aliphatic rings. The van der Waals surface area contributed by atoms with Gasteiger partial charge in [0.1, 0.15) is 11.4 Å². The van der Waals surface area contributed by atoms with E-state index in [0.29, 0.717) is 5.88 Å². The highest BCUT2D eigenvalue weighted by atomic mass is 35.5. The first-order valence-electron chi connectivity index (χ1n) is 6.99. The zero-order valence-electron chi connectivity index (χ0n) is 12.4. The summed E-state index contributed by atoms with van der Waals surface area (Å²) in [7, 11) is 0. The molecule has 0 bridgehead atoms. The fourth-order valence-electron chi connectivity index (χ4n) is 2.54. The highest BCUT2D eigenvalue weighted by Gasteiger charge is 2.32. The van der Waals surface area contributed by atoms with E-state index < -0.39 is 0 Å². The van der Waals surface area contributed by atoms with E-state index in [0.717, 1.165) is 34.9 Å². The molecular formula is C17H18ClNO2. The van der Waals surface area contributed by atoms with Gasteiger partial charge in [0, 0.05) is 35.5 Å². The highest BCUT2D eigenvalue weighted by molar-refractivity contribution is 6.17. The average Bonchev–Trinajstić information content (AvgIpc) is 2.74. The van der Waals surface area contributed by atoms with Crippen LogP contribution < -0.4 is 9.47 Å². The zero-order chi connectivity index (χ0) is 15.0. The van der Waals surface area contributed by atoms with Crippen LogP contribution in [0.5, 0.6) is 17.2 Å². The van der Waals surface area contributed by atoms with Gasteiger partial charge in [0.15, 0.2) is 11.5 Å². The molecule has 0 saturated carbocycles. The van der Waals surface area contributed by atoms with E-state index >= 15 is 0 Å². The fourth-order valence-corrected chi connectivity index (χ4v) is 2.75. The number of ether oxygens (including phenoxy) is 2. The average molecular weight is 304 g/mol. The predicted octanol–water partition coefficient (Wildman–Crippen LogP) is 4.63. The minimum atomic E-state index is -0.189. The van der Waals surface area contributed by atoms with Gasteiger partial charge < -0.3 is 9.47 Å². The van der Waals surface area contributed by atoms with Gasteiger partial charge in [-0.1, -0.05) is 12.1 Å². The smallest absolute Gasteiger partial charge is 0.169 e. The molecule has 21 heavy (non-hydrogen) atoms. The number of aryl methyl sites for hydroxylation is 1. The summed E-state index contributed by atoms with van der Waals surface area (Å²) in [6.45, 7) is 6.09. The molecule has 0 aliphatic carbocycles. The van der Waals surface area contributed by atoms with Crippen LogP contribution in [0.15, 0.2) is 30.5 Å². The highest BCUT2D eigenvalue weighted by Crippen LogP contribution is 2.43. The maximum Gasteiger partial charge on any atom is 0.169 e. The molecule has 0 radical (unpaired) electrons. The number of rotatable bonds is 3. The van der Waals surface area contributed by atoms with Crippen molar-refractivity contribution in [1.82, 2.24) is 4.98 Å². The number of pyridine rings is 1. The summed E-state index contributed by atoms with van der Waals surface area (Å²) in [6.07, 6.45) is 2.64. The molecule has 1 aliphatic heterocycles. The van der Waals surface area contributed by atoms with Crippen molar-refractivity contribution in [1.29, 1.82) is 0 Å². The Morgan fingerprint density at radius 1 is 1.33 bits per heavy atom. The monoisotopic (exact) mass is 303 g/mol. The maximum absolute atomic E-state index is 6.07. The van der Waals surface area contributed by atoms with Crippen molar-refractivity contribution in [2.45, 2.75) is 38.7 Å². The van der Waals surface area contributed by atoms with Crippen LogP contribution in [0, 0.1) is 6.92 Å². The topological polar surface area (TPSA) is 31.4 Å². The first-order chi connectivity index (χ1) is 9.98. The third kappa shape index (κ3) is 2.84. The third-order valence-electron chi connectivity index (χ3n) is 3.50. The summed E-state index contributed by atoms with van der Waals surface area (Å²) < 4.78 is 12.1. The Balaban J connectivity index is 1.98. The van der Waals surface area contributed by atoms with Crippen LogP contribution in [0.2, 0.25) is 0 Å². The normalized spacial score (nSPS) is 15.4. The van der Waals surface area contributed by atoms with Gasteiger partial charge in [-0.3, -0.25) is 4.98 Å². The molecule has 3 nitrogen and oxygen atoms in total. The van der Waals surface area contributed by atoms with Crippen LogP contribution in [0.3, 0.4) is 0 Å². The number of nitrogens with zero attached hydrogens (tertiary/aromatic N) is 1. The fraction of sp³-hybridized carbons (Fsp3) is 0.353. The van der Waals surface area contributed by atoms with Crippen LogP contribution >= 0.6 is 11.6 Å². The van der Waals surface area contributed by atoms with Gasteiger partial charge in [0.25, 0.3) is 0 Å². The molecule has 0 spiro atoms. The van der Waals surface area contributed by atoms with Crippen molar-refractivity contribution < 1.29 is 9.47 Å². The van der Waals surface area contributed by atoms with Gasteiger partial charge in [-0.15, -0.1) is 11.6 Å². The largest absolute Gasteiger partial charge is 0.483 e. The van der Waals surface area contributed by atoms with Crippen LogP contribution in [0.4, 0.5) is 0 Å². The minimum absolute atomic E-state index is 0.189. The quantitative estimate of drug-likeness (QED) is 0.774. The predicted molar refractivity (Wildman–Crippen MR) is 83.5 cm³/mol. The van der Waals surface area contributed by atoms with Crippen molar-refractivity contribution in [3.63, 3.8) is 0 Å². The van der Waals surface area contributed by atoms with E-state index in [1.54, 1.807) is 6.20 Å². The first-order valence-corrected chi connectivity index (χ1v) is 7.52. The Hall–Kier alpha value is -1.74. The molecule has 0 N–H and O–H groups in total. The number of alkyl halides is 1. The maximum atomic E-state index is 6.07. The van der Waals surface area contributed by atoms with E-state index in [-0.39, 0.29) is 5.60 Å². The van der Waals surface area contributed by atoms with Gasteiger partial charge in [-0.05, 0) is 26.8 Å². The minimum Gasteiger partial charge on any atom is -0.483 e. The number of hydrogen-bond donors (Lipinski definition) is 0. The van der Waals surface area contributed by atoms with Crippen LogP contribution in [-0.2, 0) is 12.3 Å². The summed E-state index contributed by atoms with van der Waals surface area (Å²) >= 11 is 5.96. The van der Waals surface area contributed by atoms with E-state index in [1.165, 1.54) is 5.56 Å². The second kappa shape index (κ2) is 5.23. The van der Waals surface area contributed by atoms with Crippen molar-refractivity contribution in [2.24, 2.45) is 0 Å². The lowest BCUT2D eigenvalue weighted by molar-refractivity contribution is 0.135. The van der Waals surface area contributed by atoms with Crippen molar-refractivity contribution in [2.75, 3.05) is 0 Å². The number of hydrogen-bond acceptors (Lipinski definition) is 3. The van der Waals surface area contributed by atoms with E-state index in [4.69, 9.17) is 21.1 Å². The molecule has 0 fully saturated rings. The van der Waals surface area contributed by atoms with Gasteiger partial charge in [0.2, 0.25) is 0 Å². The third-order valence-corrected chi connectivity index (χ3v) is 3.79. The van der Waals surface area contributed by atoms with E-state index in [1.807, 2.05) is 25.1 Å². The standard InChI is InChI=1S/C17H18ClNO2/c1-11-7-15(13(9-18)10-19-11)20-14-6-4-5-12-8-17(2,3)21-16(12)14/h4-7,10H,8-9H2,1-3H3. The molecule has 1 aromatic heterocycles.